The van der Waals surface area contributed by atoms with E-state index in [2.05, 4.69) is 39.1 Å². The molecule has 0 aliphatic heterocycles. The summed E-state index contributed by atoms with van der Waals surface area (Å²) in [5.41, 5.74) is 0.664. The van der Waals surface area contributed by atoms with Gasteiger partial charge in [0, 0.05) is 6.54 Å². The smallest absolute Gasteiger partial charge is 0.278 e. The van der Waals surface area contributed by atoms with Crippen molar-refractivity contribution in [2.24, 2.45) is 5.92 Å². The minimum atomic E-state index is -0.196. The van der Waals surface area contributed by atoms with E-state index in [4.69, 9.17) is 0 Å². The molecule has 0 aliphatic rings. The van der Waals surface area contributed by atoms with Crippen LogP contribution in [0.4, 0.5) is 5.95 Å². The first-order valence-corrected chi connectivity index (χ1v) is 5.84. The largest absolute Gasteiger partial charge is 0.356 e. The lowest BCUT2D eigenvalue weighted by molar-refractivity contribution is 0.566. The van der Waals surface area contributed by atoms with E-state index in [9.17, 15) is 4.79 Å². The molecular weight excluding hydrogens is 218 g/mol. The Balaban J connectivity index is 2.01. The van der Waals surface area contributed by atoms with Crippen LogP contribution in [0.25, 0.3) is 11.2 Å². The zero-order chi connectivity index (χ0) is 12.3. The van der Waals surface area contributed by atoms with E-state index < -0.39 is 0 Å². The van der Waals surface area contributed by atoms with Gasteiger partial charge in [0.25, 0.3) is 5.56 Å². The van der Waals surface area contributed by atoms with Crippen LogP contribution in [0.2, 0.25) is 0 Å². The summed E-state index contributed by atoms with van der Waals surface area (Å²) in [7, 11) is 0. The van der Waals surface area contributed by atoms with Gasteiger partial charge in [-0.2, -0.15) is 4.98 Å². The second-order valence-corrected chi connectivity index (χ2v) is 4.48. The Morgan fingerprint density at radius 2 is 2.29 bits per heavy atom. The van der Waals surface area contributed by atoms with Crippen molar-refractivity contribution in [3.05, 3.63) is 16.7 Å². The maximum absolute atomic E-state index is 11.6. The molecule has 0 amide bonds. The van der Waals surface area contributed by atoms with Gasteiger partial charge in [-0.05, 0) is 18.8 Å². The van der Waals surface area contributed by atoms with Crippen molar-refractivity contribution in [1.82, 2.24) is 19.9 Å². The fourth-order valence-electron chi connectivity index (χ4n) is 1.64. The topological polar surface area (TPSA) is 86.5 Å². The molecule has 92 valence electrons. The van der Waals surface area contributed by atoms with Crippen molar-refractivity contribution in [3.63, 3.8) is 0 Å². The highest BCUT2D eigenvalue weighted by Crippen LogP contribution is 2.05. The summed E-state index contributed by atoms with van der Waals surface area (Å²) in [5.74, 6) is 1.18. The number of hydrogen-bond acceptors (Lipinski definition) is 4. The molecule has 6 nitrogen and oxygen atoms in total. The zero-order valence-electron chi connectivity index (χ0n) is 10.1. The first-order chi connectivity index (χ1) is 8.16. The van der Waals surface area contributed by atoms with Gasteiger partial charge < -0.3 is 10.3 Å². The van der Waals surface area contributed by atoms with Crippen molar-refractivity contribution in [2.75, 3.05) is 11.9 Å². The fourth-order valence-corrected chi connectivity index (χ4v) is 1.64. The second-order valence-electron chi connectivity index (χ2n) is 4.48. The lowest BCUT2D eigenvalue weighted by Gasteiger charge is -2.06. The van der Waals surface area contributed by atoms with Crippen LogP contribution in [0, 0.1) is 5.92 Å². The summed E-state index contributed by atoms with van der Waals surface area (Å²) < 4.78 is 0. The first kappa shape index (κ1) is 11.6. The maximum Gasteiger partial charge on any atom is 0.278 e. The van der Waals surface area contributed by atoms with E-state index in [1.54, 1.807) is 0 Å². The minimum absolute atomic E-state index is 0.196. The predicted octanol–water partition coefficient (Wildman–Crippen LogP) is 1.49. The van der Waals surface area contributed by atoms with E-state index in [1.807, 2.05) is 0 Å². The molecule has 0 fully saturated rings. The Hall–Kier alpha value is -1.85. The van der Waals surface area contributed by atoms with E-state index in [0.29, 0.717) is 23.0 Å². The van der Waals surface area contributed by atoms with E-state index in [1.165, 1.54) is 6.33 Å². The molecular formula is C11H17N5O. The van der Waals surface area contributed by atoms with Crippen molar-refractivity contribution in [1.29, 1.82) is 0 Å². The highest BCUT2D eigenvalue weighted by atomic mass is 16.1. The normalized spacial score (nSPS) is 11.2. The average Bonchev–Trinajstić information content (AvgIpc) is 2.72. The van der Waals surface area contributed by atoms with Gasteiger partial charge >= 0.3 is 0 Å². The Bertz CT molecular complexity index is 542. The molecule has 0 aromatic carbocycles. The van der Waals surface area contributed by atoms with Crippen molar-refractivity contribution in [2.45, 2.75) is 26.7 Å². The van der Waals surface area contributed by atoms with Gasteiger partial charge in [-0.1, -0.05) is 13.8 Å². The summed E-state index contributed by atoms with van der Waals surface area (Å²) in [6.07, 6.45) is 3.68. The van der Waals surface area contributed by atoms with Crippen LogP contribution in [-0.2, 0) is 0 Å². The number of rotatable bonds is 5. The Labute approximate surface area is 98.9 Å². The van der Waals surface area contributed by atoms with Gasteiger partial charge in [0.2, 0.25) is 5.95 Å². The molecule has 0 radical (unpaired) electrons. The molecule has 0 spiro atoms. The molecule has 0 unspecified atom stereocenters. The van der Waals surface area contributed by atoms with E-state index in [-0.39, 0.29) is 5.56 Å². The van der Waals surface area contributed by atoms with Crippen molar-refractivity contribution in [3.8, 4) is 0 Å². The van der Waals surface area contributed by atoms with E-state index in [0.717, 1.165) is 19.4 Å². The van der Waals surface area contributed by atoms with Crippen LogP contribution in [0.3, 0.4) is 0 Å². The van der Waals surface area contributed by atoms with Crippen LogP contribution in [0.1, 0.15) is 26.7 Å². The molecule has 2 aromatic heterocycles. The van der Waals surface area contributed by atoms with E-state index >= 15 is 0 Å². The SMILES string of the molecule is CC(C)CCCNc1nc2nc[nH]c2c(=O)[nH]1. The number of hydrogen-bond donors (Lipinski definition) is 3. The van der Waals surface area contributed by atoms with Gasteiger partial charge in [0.05, 0.1) is 6.33 Å². The Morgan fingerprint density at radius 3 is 3.06 bits per heavy atom. The summed E-state index contributed by atoms with van der Waals surface area (Å²) in [4.78, 5) is 25.2. The fraction of sp³-hybridized carbons (Fsp3) is 0.545. The lowest BCUT2D eigenvalue weighted by atomic mass is 10.1. The number of fused-ring (bicyclic) bond motifs is 1. The first-order valence-electron chi connectivity index (χ1n) is 5.84. The van der Waals surface area contributed by atoms with Crippen LogP contribution in [-0.4, -0.2) is 26.5 Å². The molecule has 2 rings (SSSR count). The highest BCUT2D eigenvalue weighted by molar-refractivity contribution is 5.69. The molecule has 3 N–H and O–H groups in total. The monoisotopic (exact) mass is 235 g/mol. The molecule has 0 aliphatic carbocycles. The van der Waals surface area contributed by atoms with Gasteiger partial charge in [0.15, 0.2) is 11.2 Å². The van der Waals surface area contributed by atoms with Crippen molar-refractivity contribution < 1.29 is 0 Å². The minimum Gasteiger partial charge on any atom is -0.356 e. The third-order valence-electron chi connectivity index (χ3n) is 2.55. The number of aromatic nitrogens is 4. The lowest BCUT2D eigenvalue weighted by Crippen LogP contribution is -2.14. The summed E-state index contributed by atoms with van der Waals surface area (Å²) >= 11 is 0. The third-order valence-corrected chi connectivity index (χ3v) is 2.55. The number of nitrogens with zero attached hydrogens (tertiary/aromatic N) is 2. The van der Waals surface area contributed by atoms with Gasteiger partial charge in [-0.15, -0.1) is 0 Å². The number of H-pyrrole nitrogens is 2. The Morgan fingerprint density at radius 1 is 1.47 bits per heavy atom. The van der Waals surface area contributed by atoms with Gasteiger partial charge in [0.1, 0.15) is 0 Å². The predicted molar refractivity (Wildman–Crippen MR) is 67.1 cm³/mol. The standard InChI is InChI=1S/C11H17N5O/c1-7(2)4-3-5-12-11-15-9-8(10(17)16-11)13-6-14-9/h6-7H,3-5H2,1-2H3,(H3,12,13,14,15,16,17). The van der Waals surface area contributed by atoms with Crippen LogP contribution >= 0.6 is 0 Å². The maximum atomic E-state index is 11.6. The molecule has 0 bridgehead atoms. The molecule has 6 heteroatoms. The molecule has 2 heterocycles. The molecule has 0 saturated heterocycles. The summed E-state index contributed by atoms with van der Waals surface area (Å²) in [6, 6.07) is 0. The van der Waals surface area contributed by atoms with Crippen LogP contribution in [0.15, 0.2) is 11.1 Å². The quantitative estimate of drug-likeness (QED) is 0.685. The highest BCUT2D eigenvalue weighted by Gasteiger charge is 2.04. The van der Waals surface area contributed by atoms with Crippen molar-refractivity contribution >= 4 is 17.1 Å². The number of nitrogens with one attached hydrogen (secondary N) is 3. The molecule has 0 saturated carbocycles. The number of anilines is 1. The van der Waals surface area contributed by atoms with Gasteiger partial charge in [-0.25, -0.2) is 4.98 Å². The Kier molecular flexibility index (Phi) is 3.41. The zero-order valence-corrected chi connectivity index (χ0v) is 10.1. The molecule has 0 atom stereocenters. The number of imidazole rings is 1. The molecule has 2 aromatic rings. The molecule has 17 heavy (non-hydrogen) atoms. The second kappa shape index (κ2) is 4.99. The number of aromatic amines is 2. The average molecular weight is 235 g/mol. The third kappa shape index (κ3) is 2.83. The summed E-state index contributed by atoms with van der Waals surface area (Å²) in [5, 5.41) is 3.10. The summed E-state index contributed by atoms with van der Waals surface area (Å²) in [6.45, 7) is 5.18. The van der Waals surface area contributed by atoms with Crippen LogP contribution < -0.4 is 10.9 Å². The van der Waals surface area contributed by atoms with Crippen LogP contribution in [0.5, 0.6) is 0 Å². The van der Waals surface area contributed by atoms with Gasteiger partial charge in [-0.3, -0.25) is 9.78 Å².